The molecule has 0 radical (unpaired) electrons. The lowest BCUT2D eigenvalue weighted by molar-refractivity contribution is -0.118. The summed E-state index contributed by atoms with van der Waals surface area (Å²) >= 11 is 1.41. The van der Waals surface area contributed by atoms with Crippen LogP contribution in [0.2, 0.25) is 0 Å². The Bertz CT molecular complexity index is 424. The van der Waals surface area contributed by atoms with Gasteiger partial charge in [0.15, 0.2) is 0 Å². The highest BCUT2D eigenvalue weighted by Gasteiger charge is 2.05. The van der Waals surface area contributed by atoms with Gasteiger partial charge in [0.05, 0.1) is 12.3 Å². The molecule has 0 aliphatic heterocycles. The number of hydrogen-bond acceptors (Lipinski definition) is 3. The molecule has 0 unspecified atom stereocenters. The number of benzene rings is 1. The summed E-state index contributed by atoms with van der Waals surface area (Å²) < 4.78 is 0. The van der Waals surface area contributed by atoms with E-state index < -0.39 is 0 Å². The number of terminal acetylenes is 1. The highest BCUT2D eigenvalue weighted by molar-refractivity contribution is 8.00. The summed E-state index contributed by atoms with van der Waals surface area (Å²) in [6.07, 6.45) is 5.04. The Labute approximate surface area is 99.8 Å². The molecule has 0 fully saturated rings. The lowest BCUT2D eigenvalue weighted by Crippen LogP contribution is -2.25. The molecule has 0 aliphatic rings. The van der Waals surface area contributed by atoms with Crippen molar-refractivity contribution < 1.29 is 4.79 Å². The lowest BCUT2D eigenvalue weighted by Gasteiger charge is -2.07. The van der Waals surface area contributed by atoms with Crippen LogP contribution in [0.3, 0.4) is 0 Å². The molecule has 4 heteroatoms. The van der Waals surface area contributed by atoms with Crippen molar-refractivity contribution >= 4 is 23.4 Å². The van der Waals surface area contributed by atoms with Crippen LogP contribution in [0.25, 0.3) is 0 Å². The zero-order chi connectivity index (χ0) is 12.0. The minimum atomic E-state index is -0.0798. The third kappa shape index (κ3) is 3.52. The smallest absolute Gasteiger partial charge is 0.231 e. The number of carbonyl (C=O) groups is 1. The van der Waals surface area contributed by atoms with Gasteiger partial charge in [-0.15, -0.1) is 18.2 Å². The minimum Gasteiger partial charge on any atom is -0.398 e. The molecular formula is C12H14N2OS. The van der Waals surface area contributed by atoms with Crippen LogP contribution in [-0.2, 0) is 4.79 Å². The first-order chi connectivity index (χ1) is 7.65. The SMILES string of the molecule is C#CCNC(=O)CSc1cccc(C)c1N. The number of rotatable bonds is 4. The Morgan fingerprint density at radius 3 is 3.06 bits per heavy atom. The highest BCUT2D eigenvalue weighted by atomic mass is 32.2. The molecule has 0 atom stereocenters. The standard InChI is InChI=1S/C12H14N2OS/c1-3-7-14-11(15)8-16-10-6-4-5-9(2)12(10)13/h1,4-6H,7-8,13H2,2H3,(H,14,15). The maximum Gasteiger partial charge on any atom is 0.231 e. The van der Waals surface area contributed by atoms with E-state index >= 15 is 0 Å². The fourth-order valence-electron chi connectivity index (χ4n) is 1.12. The average molecular weight is 234 g/mol. The van der Waals surface area contributed by atoms with Gasteiger partial charge < -0.3 is 11.1 Å². The van der Waals surface area contributed by atoms with Gasteiger partial charge in [-0.25, -0.2) is 0 Å². The molecule has 1 aromatic rings. The van der Waals surface area contributed by atoms with Crippen molar-refractivity contribution in [3.8, 4) is 12.3 Å². The molecule has 84 valence electrons. The van der Waals surface area contributed by atoms with Gasteiger partial charge in [-0.05, 0) is 18.6 Å². The predicted molar refractivity (Wildman–Crippen MR) is 68.2 cm³/mol. The summed E-state index contributed by atoms with van der Waals surface area (Å²) in [6, 6.07) is 5.77. The number of nitrogen functional groups attached to an aromatic ring is 1. The van der Waals surface area contributed by atoms with Crippen molar-refractivity contribution in [2.75, 3.05) is 18.0 Å². The number of aryl methyl sites for hydroxylation is 1. The molecule has 0 spiro atoms. The highest BCUT2D eigenvalue weighted by Crippen LogP contribution is 2.26. The van der Waals surface area contributed by atoms with Crippen molar-refractivity contribution in [1.82, 2.24) is 5.32 Å². The molecular weight excluding hydrogens is 220 g/mol. The predicted octanol–water partition coefficient (Wildman–Crippen LogP) is 1.42. The molecule has 0 aliphatic carbocycles. The summed E-state index contributed by atoms with van der Waals surface area (Å²) in [6.45, 7) is 2.21. The van der Waals surface area contributed by atoms with Crippen LogP contribution in [-0.4, -0.2) is 18.2 Å². The topological polar surface area (TPSA) is 55.1 Å². The van der Waals surface area contributed by atoms with Gasteiger partial charge >= 0.3 is 0 Å². The third-order valence-electron chi connectivity index (χ3n) is 2.03. The molecule has 1 rings (SSSR count). The van der Waals surface area contributed by atoms with Crippen molar-refractivity contribution in [2.24, 2.45) is 0 Å². The van der Waals surface area contributed by atoms with Crippen molar-refractivity contribution in [3.63, 3.8) is 0 Å². The van der Waals surface area contributed by atoms with Crippen LogP contribution >= 0.6 is 11.8 Å². The second kappa shape index (κ2) is 6.09. The molecule has 0 bridgehead atoms. The quantitative estimate of drug-likeness (QED) is 0.470. The van der Waals surface area contributed by atoms with Crippen LogP contribution in [0.1, 0.15) is 5.56 Å². The fraction of sp³-hybridized carbons (Fsp3) is 0.250. The summed E-state index contributed by atoms with van der Waals surface area (Å²) in [7, 11) is 0. The molecule has 0 heterocycles. The van der Waals surface area contributed by atoms with E-state index in [9.17, 15) is 4.79 Å². The zero-order valence-electron chi connectivity index (χ0n) is 9.12. The average Bonchev–Trinajstić information content (AvgIpc) is 2.28. The van der Waals surface area contributed by atoms with Crippen molar-refractivity contribution in [1.29, 1.82) is 0 Å². The van der Waals surface area contributed by atoms with Crippen molar-refractivity contribution in [2.45, 2.75) is 11.8 Å². The molecule has 3 nitrogen and oxygen atoms in total. The van der Waals surface area contributed by atoms with E-state index in [-0.39, 0.29) is 12.5 Å². The number of nitrogens with two attached hydrogens (primary N) is 1. The van der Waals surface area contributed by atoms with Crippen LogP contribution < -0.4 is 11.1 Å². The van der Waals surface area contributed by atoms with E-state index in [2.05, 4.69) is 11.2 Å². The number of hydrogen-bond donors (Lipinski definition) is 2. The Hall–Kier alpha value is -1.60. The second-order valence-corrected chi connectivity index (χ2v) is 4.27. The summed E-state index contributed by atoms with van der Waals surface area (Å²) in [5, 5.41) is 2.60. The van der Waals surface area contributed by atoms with Crippen LogP contribution in [0.5, 0.6) is 0 Å². The van der Waals surface area contributed by atoms with Gasteiger partial charge in [0.25, 0.3) is 0 Å². The Morgan fingerprint density at radius 2 is 2.38 bits per heavy atom. The van der Waals surface area contributed by atoms with E-state index in [1.54, 1.807) is 0 Å². The minimum absolute atomic E-state index is 0.0798. The fourth-order valence-corrected chi connectivity index (χ4v) is 2.00. The Kier molecular flexibility index (Phi) is 4.74. The normalized spacial score (nSPS) is 9.50. The van der Waals surface area contributed by atoms with Crippen LogP contribution in [0.4, 0.5) is 5.69 Å². The van der Waals surface area contributed by atoms with Gasteiger partial charge in [0.1, 0.15) is 0 Å². The first kappa shape index (κ1) is 12.5. The number of amides is 1. The Morgan fingerprint density at radius 1 is 1.62 bits per heavy atom. The maximum absolute atomic E-state index is 11.3. The first-order valence-electron chi connectivity index (χ1n) is 4.83. The number of carbonyl (C=O) groups excluding carboxylic acids is 1. The summed E-state index contributed by atoms with van der Waals surface area (Å²) in [5.41, 5.74) is 7.64. The molecule has 16 heavy (non-hydrogen) atoms. The Balaban J connectivity index is 2.52. The largest absolute Gasteiger partial charge is 0.398 e. The van der Waals surface area contributed by atoms with Gasteiger partial charge in [0, 0.05) is 10.6 Å². The molecule has 0 saturated heterocycles. The van der Waals surface area contributed by atoms with Gasteiger partial charge in [-0.2, -0.15) is 0 Å². The number of nitrogens with one attached hydrogen (secondary N) is 1. The number of thioether (sulfide) groups is 1. The molecule has 0 saturated carbocycles. The second-order valence-electron chi connectivity index (χ2n) is 3.26. The molecule has 3 N–H and O–H groups in total. The van der Waals surface area contributed by atoms with Gasteiger partial charge in [-0.3, -0.25) is 4.79 Å². The van der Waals surface area contributed by atoms with E-state index in [4.69, 9.17) is 12.2 Å². The number of para-hydroxylation sites is 1. The summed E-state index contributed by atoms with van der Waals surface area (Å²) in [5.74, 6) is 2.60. The van der Waals surface area contributed by atoms with E-state index in [0.29, 0.717) is 5.75 Å². The van der Waals surface area contributed by atoms with Crippen molar-refractivity contribution in [3.05, 3.63) is 23.8 Å². The van der Waals surface area contributed by atoms with Gasteiger partial charge in [-0.1, -0.05) is 18.1 Å². The lowest BCUT2D eigenvalue weighted by atomic mass is 10.2. The van der Waals surface area contributed by atoms with Gasteiger partial charge in [0.2, 0.25) is 5.91 Å². The zero-order valence-corrected chi connectivity index (χ0v) is 9.93. The van der Waals surface area contributed by atoms with Crippen LogP contribution in [0.15, 0.2) is 23.1 Å². The van der Waals surface area contributed by atoms with E-state index in [0.717, 1.165) is 16.1 Å². The summed E-state index contributed by atoms with van der Waals surface area (Å²) in [4.78, 5) is 12.2. The molecule has 0 aromatic heterocycles. The van der Waals surface area contributed by atoms with E-state index in [1.807, 2.05) is 25.1 Å². The monoisotopic (exact) mass is 234 g/mol. The maximum atomic E-state index is 11.3. The third-order valence-corrected chi connectivity index (χ3v) is 3.10. The first-order valence-corrected chi connectivity index (χ1v) is 5.81. The molecule has 1 amide bonds. The van der Waals surface area contributed by atoms with Crippen LogP contribution in [0, 0.1) is 19.3 Å². The van der Waals surface area contributed by atoms with E-state index in [1.165, 1.54) is 11.8 Å². The molecule has 1 aromatic carbocycles. The number of anilines is 1.